The van der Waals surface area contributed by atoms with Crippen LogP contribution in [0.4, 0.5) is 9.18 Å². The van der Waals surface area contributed by atoms with Gasteiger partial charge in [0, 0.05) is 12.8 Å². The largest absolute Gasteiger partial charge is 0.481 e. The van der Waals surface area contributed by atoms with Gasteiger partial charge in [-0.2, -0.15) is 0 Å². The summed E-state index contributed by atoms with van der Waals surface area (Å²) in [5, 5.41) is 31.3. The molecule has 0 unspecified atom stereocenters. The second-order valence-corrected chi connectivity index (χ2v) is 7.05. The van der Waals surface area contributed by atoms with Crippen LogP contribution >= 0.6 is 0 Å². The smallest absolute Gasteiger partial charge is 0.346 e. The third kappa shape index (κ3) is 7.89. The molecule has 0 aromatic heterocycles. The maximum atomic E-state index is 13.7. The van der Waals surface area contributed by atoms with Gasteiger partial charge in [0.15, 0.2) is 0 Å². The summed E-state index contributed by atoms with van der Waals surface area (Å²) in [6, 6.07) is 6.80. The fourth-order valence-corrected chi connectivity index (χ4v) is 2.80. The van der Waals surface area contributed by atoms with Gasteiger partial charge in [0.1, 0.15) is 23.7 Å². The molecule has 0 saturated heterocycles. The van der Waals surface area contributed by atoms with Crippen molar-refractivity contribution < 1.29 is 48.4 Å². The van der Waals surface area contributed by atoms with E-state index in [1.165, 1.54) is 42.5 Å². The van der Waals surface area contributed by atoms with Crippen molar-refractivity contribution in [2.75, 3.05) is 0 Å². The first-order chi connectivity index (χ1) is 16.1. The number of esters is 1. The Morgan fingerprint density at radius 3 is 2.00 bits per heavy atom. The van der Waals surface area contributed by atoms with E-state index in [9.17, 15) is 33.5 Å². The molecule has 0 aliphatic carbocycles. The first kappa shape index (κ1) is 25.8. The lowest BCUT2D eigenvalue weighted by atomic mass is 10.1. The molecule has 0 aliphatic heterocycles. The minimum atomic E-state index is -1.52. The number of amides is 2. The standard InChI is InChI=1S/C22H21FN2O9/c23-15-4-2-1-3-14(15)21(32)34-13-7-5-12(6-8-13)11-17(20(30)31)25-22(33)24-16(19(28)29)9-10-18(26)27/h1-8,16-17H,9-11H2,(H,26,27)(H,28,29)(H,30,31)(H2,24,25,33)/t16-,17-/m0/s1. The molecule has 0 radical (unpaired) electrons. The Bertz CT molecular complexity index is 1070. The Balaban J connectivity index is 1.98. The minimum absolute atomic E-state index is 0.0808. The van der Waals surface area contributed by atoms with Crippen molar-refractivity contribution in [2.24, 2.45) is 0 Å². The van der Waals surface area contributed by atoms with Gasteiger partial charge in [-0.05, 0) is 36.2 Å². The first-order valence-corrected chi connectivity index (χ1v) is 9.87. The van der Waals surface area contributed by atoms with Crippen molar-refractivity contribution in [2.45, 2.75) is 31.3 Å². The zero-order valence-corrected chi connectivity index (χ0v) is 17.6. The molecular formula is C22H21FN2O9. The van der Waals surface area contributed by atoms with E-state index < -0.39 is 54.2 Å². The highest BCUT2D eigenvalue weighted by Crippen LogP contribution is 2.17. The Kier molecular flexibility index (Phi) is 9.06. The number of carbonyl (C=O) groups excluding carboxylic acids is 2. The van der Waals surface area contributed by atoms with Crippen LogP contribution in [-0.4, -0.2) is 57.3 Å². The first-order valence-electron chi connectivity index (χ1n) is 9.87. The third-order valence-electron chi connectivity index (χ3n) is 4.52. The number of halogens is 1. The summed E-state index contributed by atoms with van der Waals surface area (Å²) in [7, 11) is 0. The lowest BCUT2D eigenvalue weighted by Crippen LogP contribution is -2.51. The highest BCUT2D eigenvalue weighted by molar-refractivity contribution is 5.91. The summed E-state index contributed by atoms with van der Waals surface area (Å²) in [5.74, 6) is -5.70. The fourth-order valence-electron chi connectivity index (χ4n) is 2.80. The molecule has 0 spiro atoms. The molecule has 0 aliphatic rings. The number of carboxylic acids is 3. The average molecular weight is 476 g/mol. The number of hydrogen-bond donors (Lipinski definition) is 5. The Morgan fingerprint density at radius 2 is 1.44 bits per heavy atom. The number of carbonyl (C=O) groups is 5. The number of benzene rings is 2. The van der Waals surface area contributed by atoms with Crippen molar-refractivity contribution >= 4 is 29.9 Å². The molecule has 5 N–H and O–H groups in total. The number of carboxylic acid groups (broad SMARTS) is 3. The molecule has 2 amide bonds. The summed E-state index contributed by atoms with van der Waals surface area (Å²) in [6.45, 7) is 0. The van der Waals surface area contributed by atoms with Crippen LogP contribution in [0, 0.1) is 5.82 Å². The molecule has 2 atom stereocenters. The van der Waals surface area contributed by atoms with Crippen molar-refractivity contribution in [3.8, 4) is 5.75 Å². The van der Waals surface area contributed by atoms with Crippen molar-refractivity contribution in [3.63, 3.8) is 0 Å². The second kappa shape index (κ2) is 11.9. The fraction of sp³-hybridized carbons (Fsp3) is 0.227. The van der Waals surface area contributed by atoms with Gasteiger partial charge in [0.05, 0.1) is 5.56 Å². The van der Waals surface area contributed by atoms with Crippen molar-refractivity contribution in [1.82, 2.24) is 10.6 Å². The highest BCUT2D eigenvalue weighted by Gasteiger charge is 2.25. The molecule has 2 aromatic carbocycles. The molecule has 2 aromatic rings. The lowest BCUT2D eigenvalue weighted by molar-refractivity contribution is -0.140. The quantitative estimate of drug-likeness (QED) is 0.238. The van der Waals surface area contributed by atoms with Gasteiger partial charge in [-0.3, -0.25) is 4.79 Å². The molecular weight excluding hydrogens is 455 g/mol. The average Bonchev–Trinajstić information content (AvgIpc) is 2.77. The number of nitrogens with one attached hydrogen (secondary N) is 2. The van der Waals surface area contributed by atoms with Crippen LogP contribution in [0.3, 0.4) is 0 Å². The maximum absolute atomic E-state index is 13.7. The number of aliphatic carboxylic acids is 3. The van der Waals surface area contributed by atoms with Crippen LogP contribution in [-0.2, 0) is 20.8 Å². The highest BCUT2D eigenvalue weighted by atomic mass is 19.1. The number of hydrogen-bond acceptors (Lipinski definition) is 6. The Labute approximate surface area is 192 Å². The molecule has 2 rings (SSSR count). The van der Waals surface area contributed by atoms with Gasteiger partial charge in [-0.25, -0.2) is 23.6 Å². The van der Waals surface area contributed by atoms with Gasteiger partial charge >= 0.3 is 29.9 Å². The van der Waals surface area contributed by atoms with Crippen LogP contribution in [0.2, 0.25) is 0 Å². The number of urea groups is 1. The third-order valence-corrected chi connectivity index (χ3v) is 4.52. The van der Waals surface area contributed by atoms with Gasteiger partial charge in [0.2, 0.25) is 0 Å². The summed E-state index contributed by atoms with van der Waals surface area (Å²) in [5.41, 5.74) is 0.176. The molecule has 0 saturated carbocycles. The molecule has 180 valence electrons. The van der Waals surface area contributed by atoms with E-state index >= 15 is 0 Å². The van der Waals surface area contributed by atoms with Crippen molar-refractivity contribution in [3.05, 3.63) is 65.5 Å². The van der Waals surface area contributed by atoms with Crippen LogP contribution in [0.5, 0.6) is 5.75 Å². The van der Waals surface area contributed by atoms with Crippen molar-refractivity contribution in [1.29, 1.82) is 0 Å². The van der Waals surface area contributed by atoms with E-state index in [-0.39, 0.29) is 24.2 Å². The number of rotatable bonds is 11. The van der Waals surface area contributed by atoms with E-state index in [1.54, 1.807) is 0 Å². The summed E-state index contributed by atoms with van der Waals surface area (Å²) in [6.07, 6.45) is -1.09. The predicted octanol–water partition coefficient (Wildman–Crippen LogP) is 1.66. The van der Waals surface area contributed by atoms with E-state index in [4.69, 9.17) is 14.9 Å². The normalized spacial score (nSPS) is 12.1. The van der Waals surface area contributed by atoms with Crippen LogP contribution in [0.1, 0.15) is 28.8 Å². The zero-order chi connectivity index (χ0) is 25.3. The summed E-state index contributed by atoms with van der Waals surface area (Å²) >= 11 is 0. The van der Waals surface area contributed by atoms with Crippen LogP contribution in [0.25, 0.3) is 0 Å². The molecule has 0 heterocycles. The maximum Gasteiger partial charge on any atom is 0.346 e. The van der Waals surface area contributed by atoms with E-state index in [2.05, 4.69) is 5.32 Å². The van der Waals surface area contributed by atoms with E-state index in [0.717, 1.165) is 6.07 Å². The molecule has 34 heavy (non-hydrogen) atoms. The minimum Gasteiger partial charge on any atom is -0.481 e. The van der Waals surface area contributed by atoms with Gasteiger partial charge < -0.3 is 30.7 Å². The second-order valence-electron chi connectivity index (χ2n) is 7.05. The zero-order valence-electron chi connectivity index (χ0n) is 17.6. The molecule has 0 fully saturated rings. The molecule has 12 heteroatoms. The summed E-state index contributed by atoms with van der Waals surface area (Å²) in [4.78, 5) is 57.4. The summed E-state index contributed by atoms with van der Waals surface area (Å²) < 4.78 is 18.8. The van der Waals surface area contributed by atoms with E-state index in [0.29, 0.717) is 5.56 Å². The number of ether oxygens (including phenoxy) is 1. The van der Waals surface area contributed by atoms with Gasteiger partial charge in [0.25, 0.3) is 0 Å². The molecule has 11 nitrogen and oxygen atoms in total. The monoisotopic (exact) mass is 476 g/mol. The van der Waals surface area contributed by atoms with E-state index in [1.807, 2.05) is 5.32 Å². The lowest BCUT2D eigenvalue weighted by Gasteiger charge is -2.18. The Hall–Kier alpha value is -4.48. The van der Waals surface area contributed by atoms with Gasteiger partial charge in [-0.15, -0.1) is 0 Å². The Morgan fingerprint density at radius 1 is 0.853 bits per heavy atom. The predicted molar refractivity (Wildman–Crippen MR) is 113 cm³/mol. The van der Waals surface area contributed by atoms with Gasteiger partial charge in [-0.1, -0.05) is 24.3 Å². The van der Waals surface area contributed by atoms with Crippen LogP contribution in [0.15, 0.2) is 48.5 Å². The topological polar surface area (TPSA) is 179 Å². The van der Waals surface area contributed by atoms with Crippen LogP contribution < -0.4 is 15.4 Å². The molecule has 0 bridgehead atoms. The SMILES string of the molecule is O=C(O)CC[C@H](NC(=O)N[C@@H](Cc1ccc(OC(=O)c2ccccc2F)cc1)C(=O)O)C(=O)O.